The minimum Gasteiger partial charge on any atom is -0.493 e. The fraction of sp³-hybridized carbons (Fsp3) is 0.500. The molecule has 0 amide bonds. The largest absolute Gasteiger partial charge is 0.493 e. The number of methoxy groups -OCH3 is 2. The first kappa shape index (κ1) is 15.3. The maximum Gasteiger partial charge on any atom is 0.305 e. The van der Waals surface area contributed by atoms with E-state index in [9.17, 15) is 4.79 Å². The third-order valence-corrected chi connectivity index (χ3v) is 2.69. The Bertz CT molecular complexity index is 406. The second-order valence-corrected chi connectivity index (χ2v) is 4.02. The van der Waals surface area contributed by atoms with Gasteiger partial charge in [-0.2, -0.15) is 0 Å². The molecule has 106 valence electrons. The third-order valence-electron chi connectivity index (χ3n) is 2.69. The first-order valence-corrected chi connectivity index (χ1v) is 6.28. The third kappa shape index (κ3) is 4.79. The van der Waals surface area contributed by atoms with Gasteiger partial charge in [-0.1, -0.05) is 12.1 Å². The summed E-state index contributed by atoms with van der Waals surface area (Å²) in [4.78, 5) is 11.0. The van der Waals surface area contributed by atoms with Crippen molar-refractivity contribution >= 4 is 5.97 Å². The van der Waals surface area contributed by atoms with Crippen molar-refractivity contribution in [3.8, 4) is 11.5 Å². The van der Waals surface area contributed by atoms with Crippen LogP contribution in [0.2, 0.25) is 0 Å². The zero-order valence-electron chi connectivity index (χ0n) is 11.5. The van der Waals surface area contributed by atoms with Gasteiger partial charge in [-0.25, -0.2) is 0 Å². The van der Waals surface area contributed by atoms with Crippen molar-refractivity contribution in [3.63, 3.8) is 0 Å². The number of rotatable bonds is 8. The van der Waals surface area contributed by atoms with Crippen molar-refractivity contribution in [2.75, 3.05) is 27.4 Å². The quantitative estimate of drug-likeness (QED) is 0.571. The van der Waals surface area contributed by atoms with Crippen molar-refractivity contribution in [2.24, 2.45) is 5.73 Å². The lowest BCUT2D eigenvalue weighted by Crippen LogP contribution is -2.08. The zero-order chi connectivity index (χ0) is 14.1. The molecule has 2 N–H and O–H groups in total. The van der Waals surface area contributed by atoms with Gasteiger partial charge < -0.3 is 19.9 Å². The predicted octanol–water partition coefficient (Wildman–Crippen LogP) is 1.53. The number of ether oxygens (including phenoxy) is 3. The average molecular weight is 267 g/mol. The molecule has 0 aliphatic carbocycles. The zero-order valence-corrected chi connectivity index (χ0v) is 11.5. The molecular weight excluding hydrogens is 246 g/mol. The van der Waals surface area contributed by atoms with Crippen LogP contribution in [-0.2, 0) is 16.0 Å². The summed E-state index contributed by atoms with van der Waals surface area (Å²) in [6.07, 6.45) is 1.67. The Balaban J connectivity index is 2.61. The van der Waals surface area contributed by atoms with Crippen LogP contribution in [0.3, 0.4) is 0 Å². The van der Waals surface area contributed by atoms with E-state index < -0.39 is 0 Å². The Kier molecular flexibility index (Phi) is 6.74. The van der Waals surface area contributed by atoms with E-state index in [1.807, 2.05) is 18.2 Å². The van der Waals surface area contributed by atoms with E-state index in [1.54, 1.807) is 7.11 Å². The van der Waals surface area contributed by atoms with Crippen LogP contribution in [0, 0.1) is 0 Å². The van der Waals surface area contributed by atoms with E-state index in [1.165, 1.54) is 7.11 Å². The standard InChI is InChI=1S/C14H21NO4/c1-17-12-6-3-5-11(8-9-15)14(12)19-10-4-7-13(16)18-2/h3,5-6H,4,7-10,15H2,1-2H3. The summed E-state index contributed by atoms with van der Waals surface area (Å²) in [5.74, 6) is 1.16. The minimum absolute atomic E-state index is 0.231. The van der Waals surface area contributed by atoms with Crippen LogP contribution in [0.4, 0.5) is 0 Å². The fourth-order valence-corrected chi connectivity index (χ4v) is 1.73. The van der Waals surface area contributed by atoms with Crippen LogP contribution < -0.4 is 15.2 Å². The summed E-state index contributed by atoms with van der Waals surface area (Å²) in [5.41, 5.74) is 6.59. The molecule has 0 saturated heterocycles. The molecule has 0 heterocycles. The van der Waals surface area contributed by atoms with E-state index in [0.29, 0.717) is 37.5 Å². The van der Waals surface area contributed by atoms with E-state index >= 15 is 0 Å². The van der Waals surface area contributed by atoms with E-state index in [2.05, 4.69) is 4.74 Å². The number of benzene rings is 1. The molecular formula is C14H21NO4. The van der Waals surface area contributed by atoms with Crippen LogP contribution in [0.25, 0.3) is 0 Å². The van der Waals surface area contributed by atoms with E-state index in [0.717, 1.165) is 12.0 Å². The first-order chi connectivity index (χ1) is 9.22. The van der Waals surface area contributed by atoms with Crippen molar-refractivity contribution < 1.29 is 19.0 Å². The molecule has 5 nitrogen and oxygen atoms in total. The molecule has 1 rings (SSSR count). The van der Waals surface area contributed by atoms with Crippen molar-refractivity contribution in [1.82, 2.24) is 0 Å². The molecule has 0 atom stereocenters. The van der Waals surface area contributed by atoms with Crippen LogP contribution in [0.15, 0.2) is 18.2 Å². The van der Waals surface area contributed by atoms with Gasteiger partial charge in [0.1, 0.15) is 0 Å². The highest BCUT2D eigenvalue weighted by Gasteiger charge is 2.10. The van der Waals surface area contributed by atoms with Gasteiger partial charge >= 0.3 is 5.97 Å². The number of carbonyl (C=O) groups is 1. The Labute approximate surface area is 113 Å². The second-order valence-electron chi connectivity index (χ2n) is 4.02. The molecule has 0 aliphatic rings. The summed E-state index contributed by atoms with van der Waals surface area (Å²) < 4.78 is 15.6. The molecule has 0 aliphatic heterocycles. The summed E-state index contributed by atoms with van der Waals surface area (Å²) >= 11 is 0. The minimum atomic E-state index is -0.231. The molecule has 0 saturated carbocycles. The van der Waals surface area contributed by atoms with Gasteiger partial charge in [0.15, 0.2) is 11.5 Å². The van der Waals surface area contributed by atoms with Gasteiger partial charge in [-0.05, 0) is 31.0 Å². The van der Waals surface area contributed by atoms with Crippen molar-refractivity contribution in [1.29, 1.82) is 0 Å². The molecule has 0 radical (unpaired) electrons. The molecule has 19 heavy (non-hydrogen) atoms. The lowest BCUT2D eigenvalue weighted by molar-refractivity contribution is -0.140. The Morgan fingerprint density at radius 1 is 1.32 bits per heavy atom. The highest BCUT2D eigenvalue weighted by molar-refractivity contribution is 5.69. The molecule has 5 heteroatoms. The van der Waals surface area contributed by atoms with Crippen molar-refractivity contribution in [2.45, 2.75) is 19.3 Å². The van der Waals surface area contributed by atoms with Gasteiger partial charge in [0.05, 0.1) is 20.8 Å². The number of esters is 1. The number of para-hydroxylation sites is 1. The van der Waals surface area contributed by atoms with E-state index in [4.69, 9.17) is 15.2 Å². The number of nitrogens with two attached hydrogens (primary N) is 1. The maximum absolute atomic E-state index is 11.0. The van der Waals surface area contributed by atoms with Gasteiger partial charge in [0, 0.05) is 6.42 Å². The molecule has 0 fully saturated rings. The first-order valence-electron chi connectivity index (χ1n) is 6.28. The molecule has 0 unspecified atom stereocenters. The topological polar surface area (TPSA) is 70.8 Å². The van der Waals surface area contributed by atoms with Crippen LogP contribution in [-0.4, -0.2) is 33.3 Å². The van der Waals surface area contributed by atoms with E-state index in [-0.39, 0.29) is 5.97 Å². The lowest BCUT2D eigenvalue weighted by atomic mass is 10.1. The number of hydrogen-bond donors (Lipinski definition) is 1. The normalized spacial score (nSPS) is 10.1. The number of carbonyl (C=O) groups excluding carboxylic acids is 1. The van der Waals surface area contributed by atoms with Crippen LogP contribution >= 0.6 is 0 Å². The Hall–Kier alpha value is -1.75. The highest BCUT2D eigenvalue weighted by Crippen LogP contribution is 2.31. The number of hydrogen-bond acceptors (Lipinski definition) is 5. The average Bonchev–Trinajstić information content (AvgIpc) is 2.44. The van der Waals surface area contributed by atoms with Gasteiger partial charge in [0.2, 0.25) is 0 Å². The van der Waals surface area contributed by atoms with Crippen LogP contribution in [0.1, 0.15) is 18.4 Å². The smallest absolute Gasteiger partial charge is 0.305 e. The highest BCUT2D eigenvalue weighted by atomic mass is 16.5. The van der Waals surface area contributed by atoms with Gasteiger partial charge in [-0.15, -0.1) is 0 Å². The summed E-state index contributed by atoms with van der Waals surface area (Å²) in [5, 5.41) is 0. The van der Waals surface area contributed by atoms with Crippen LogP contribution in [0.5, 0.6) is 11.5 Å². The molecule has 0 aromatic heterocycles. The predicted molar refractivity (Wildman–Crippen MR) is 72.5 cm³/mol. The monoisotopic (exact) mass is 267 g/mol. The van der Waals surface area contributed by atoms with Gasteiger partial charge in [0.25, 0.3) is 0 Å². The summed E-state index contributed by atoms with van der Waals surface area (Å²) in [6, 6.07) is 5.71. The van der Waals surface area contributed by atoms with Crippen molar-refractivity contribution in [3.05, 3.63) is 23.8 Å². The second kappa shape index (κ2) is 8.37. The molecule has 0 bridgehead atoms. The molecule has 1 aromatic carbocycles. The Morgan fingerprint density at radius 2 is 2.11 bits per heavy atom. The lowest BCUT2D eigenvalue weighted by Gasteiger charge is -2.14. The molecule has 1 aromatic rings. The fourth-order valence-electron chi connectivity index (χ4n) is 1.73. The summed E-state index contributed by atoms with van der Waals surface area (Å²) in [6.45, 7) is 0.985. The molecule has 0 spiro atoms. The van der Waals surface area contributed by atoms with Gasteiger partial charge in [-0.3, -0.25) is 4.79 Å². The maximum atomic E-state index is 11.0. The Morgan fingerprint density at radius 3 is 2.74 bits per heavy atom. The SMILES string of the molecule is COC(=O)CCCOc1c(CCN)cccc1OC. The summed E-state index contributed by atoms with van der Waals surface area (Å²) in [7, 11) is 2.98.